The molecule has 0 radical (unpaired) electrons. The maximum absolute atomic E-state index is 5.70. The van der Waals surface area contributed by atoms with Crippen LogP contribution in [0.25, 0.3) is 0 Å². The standard InChI is InChI=1S/C9H16N2/c10-4-8-6-1-2-7(3-6)9(8)5-11/h1-2,6-9H,3-5,10-11H2. The summed E-state index contributed by atoms with van der Waals surface area (Å²) < 4.78 is 0. The van der Waals surface area contributed by atoms with Gasteiger partial charge >= 0.3 is 0 Å². The van der Waals surface area contributed by atoms with Crippen molar-refractivity contribution >= 4 is 0 Å². The van der Waals surface area contributed by atoms with Crippen LogP contribution in [0.1, 0.15) is 6.42 Å². The molecule has 4 atom stereocenters. The van der Waals surface area contributed by atoms with Gasteiger partial charge in [-0.05, 0) is 43.2 Å². The van der Waals surface area contributed by atoms with Crippen LogP contribution in [0.15, 0.2) is 12.2 Å². The molecule has 0 aromatic carbocycles. The number of hydrogen-bond acceptors (Lipinski definition) is 2. The fourth-order valence-corrected chi connectivity index (χ4v) is 2.73. The van der Waals surface area contributed by atoms with Gasteiger partial charge in [0.25, 0.3) is 0 Å². The highest BCUT2D eigenvalue weighted by molar-refractivity contribution is 5.13. The number of rotatable bonds is 2. The summed E-state index contributed by atoms with van der Waals surface area (Å²) in [5.74, 6) is 2.85. The van der Waals surface area contributed by atoms with Crippen LogP contribution >= 0.6 is 0 Å². The number of allylic oxidation sites excluding steroid dienone is 2. The molecule has 62 valence electrons. The third-order valence-corrected chi connectivity index (χ3v) is 3.34. The molecule has 1 fully saturated rings. The first-order valence-electron chi connectivity index (χ1n) is 4.45. The lowest BCUT2D eigenvalue weighted by molar-refractivity contribution is 0.325. The third-order valence-electron chi connectivity index (χ3n) is 3.34. The smallest absolute Gasteiger partial charge is 0.00399 e. The van der Waals surface area contributed by atoms with Gasteiger partial charge < -0.3 is 11.5 Å². The molecule has 0 aromatic rings. The molecular formula is C9H16N2. The van der Waals surface area contributed by atoms with E-state index in [1.54, 1.807) is 0 Å². The summed E-state index contributed by atoms with van der Waals surface area (Å²) in [5, 5.41) is 0. The largest absolute Gasteiger partial charge is 0.330 e. The Morgan fingerprint density at radius 1 is 1.00 bits per heavy atom. The molecule has 2 aliphatic carbocycles. The summed E-state index contributed by atoms with van der Waals surface area (Å²) in [6, 6.07) is 0. The van der Waals surface area contributed by atoms with Gasteiger partial charge in [0, 0.05) is 0 Å². The van der Waals surface area contributed by atoms with Gasteiger partial charge in [-0.15, -0.1) is 0 Å². The van der Waals surface area contributed by atoms with Crippen molar-refractivity contribution in [3.05, 3.63) is 12.2 Å². The van der Waals surface area contributed by atoms with E-state index in [4.69, 9.17) is 11.5 Å². The predicted molar refractivity (Wildman–Crippen MR) is 45.8 cm³/mol. The van der Waals surface area contributed by atoms with E-state index in [1.807, 2.05) is 0 Å². The van der Waals surface area contributed by atoms with Crippen molar-refractivity contribution in [2.45, 2.75) is 6.42 Å². The van der Waals surface area contributed by atoms with Crippen LogP contribution in [0.4, 0.5) is 0 Å². The van der Waals surface area contributed by atoms with E-state index in [0.717, 1.165) is 24.9 Å². The molecule has 1 saturated carbocycles. The second-order valence-electron chi connectivity index (χ2n) is 3.75. The molecule has 0 spiro atoms. The van der Waals surface area contributed by atoms with E-state index in [-0.39, 0.29) is 0 Å². The molecule has 0 amide bonds. The Hall–Kier alpha value is -0.340. The third kappa shape index (κ3) is 0.932. The van der Waals surface area contributed by atoms with Crippen molar-refractivity contribution in [2.24, 2.45) is 35.1 Å². The van der Waals surface area contributed by atoms with E-state index >= 15 is 0 Å². The molecular weight excluding hydrogens is 136 g/mol. The summed E-state index contributed by atoms with van der Waals surface area (Å²) in [6.45, 7) is 1.63. The van der Waals surface area contributed by atoms with Crippen molar-refractivity contribution in [2.75, 3.05) is 13.1 Å². The number of hydrogen-bond donors (Lipinski definition) is 2. The van der Waals surface area contributed by atoms with Gasteiger partial charge in [-0.2, -0.15) is 0 Å². The Balaban J connectivity index is 2.15. The van der Waals surface area contributed by atoms with Crippen LogP contribution in [0.5, 0.6) is 0 Å². The highest BCUT2D eigenvalue weighted by Crippen LogP contribution is 2.46. The average Bonchev–Trinajstić information content (AvgIpc) is 2.60. The van der Waals surface area contributed by atoms with Crippen LogP contribution in [0.3, 0.4) is 0 Å². The molecule has 2 aliphatic rings. The first kappa shape index (κ1) is 7.32. The van der Waals surface area contributed by atoms with E-state index in [1.165, 1.54) is 6.42 Å². The van der Waals surface area contributed by atoms with Crippen LogP contribution in [0.2, 0.25) is 0 Å². The zero-order valence-corrected chi connectivity index (χ0v) is 6.74. The zero-order valence-electron chi connectivity index (χ0n) is 6.74. The maximum Gasteiger partial charge on any atom is -0.00399 e. The van der Waals surface area contributed by atoms with E-state index in [2.05, 4.69) is 12.2 Å². The minimum atomic E-state index is 0.676. The zero-order chi connectivity index (χ0) is 7.84. The van der Waals surface area contributed by atoms with Crippen LogP contribution < -0.4 is 11.5 Å². The summed E-state index contributed by atoms with van der Waals surface area (Å²) in [5.41, 5.74) is 11.4. The van der Waals surface area contributed by atoms with E-state index < -0.39 is 0 Å². The van der Waals surface area contributed by atoms with E-state index in [0.29, 0.717) is 11.8 Å². The van der Waals surface area contributed by atoms with Gasteiger partial charge in [0.15, 0.2) is 0 Å². The summed E-state index contributed by atoms with van der Waals surface area (Å²) in [4.78, 5) is 0. The Bertz CT molecular complexity index is 158. The lowest BCUT2D eigenvalue weighted by Crippen LogP contribution is -2.32. The van der Waals surface area contributed by atoms with Crippen molar-refractivity contribution in [3.63, 3.8) is 0 Å². The molecule has 2 rings (SSSR count). The van der Waals surface area contributed by atoms with Gasteiger partial charge in [0.05, 0.1) is 0 Å². The maximum atomic E-state index is 5.70. The van der Waals surface area contributed by atoms with Gasteiger partial charge in [0.2, 0.25) is 0 Å². The Morgan fingerprint density at radius 2 is 1.45 bits per heavy atom. The molecule has 0 heterocycles. The minimum absolute atomic E-state index is 0.676. The Labute approximate surface area is 67.6 Å². The molecule has 0 aromatic heterocycles. The summed E-state index contributed by atoms with van der Waals surface area (Å²) in [6.07, 6.45) is 5.96. The molecule has 0 aliphatic heterocycles. The Morgan fingerprint density at radius 3 is 1.82 bits per heavy atom. The highest BCUT2D eigenvalue weighted by Gasteiger charge is 2.42. The molecule has 4 N–H and O–H groups in total. The predicted octanol–water partition coefficient (Wildman–Crippen LogP) is 0.342. The molecule has 2 nitrogen and oxygen atoms in total. The quantitative estimate of drug-likeness (QED) is 0.561. The van der Waals surface area contributed by atoms with Gasteiger partial charge in [0.1, 0.15) is 0 Å². The van der Waals surface area contributed by atoms with Gasteiger partial charge in [-0.1, -0.05) is 12.2 Å². The van der Waals surface area contributed by atoms with Crippen molar-refractivity contribution in [1.82, 2.24) is 0 Å². The van der Waals surface area contributed by atoms with Gasteiger partial charge in [-0.25, -0.2) is 0 Å². The summed E-state index contributed by atoms with van der Waals surface area (Å²) >= 11 is 0. The summed E-state index contributed by atoms with van der Waals surface area (Å²) in [7, 11) is 0. The van der Waals surface area contributed by atoms with Crippen molar-refractivity contribution < 1.29 is 0 Å². The van der Waals surface area contributed by atoms with Crippen LogP contribution in [-0.4, -0.2) is 13.1 Å². The fraction of sp³-hybridized carbons (Fsp3) is 0.778. The van der Waals surface area contributed by atoms with Gasteiger partial charge in [-0.3, -0.25) is 0 Å². The second-order valence-corrected chi connectivity index (χ2v) is 3.75. The number of fused-ring (bicyclic) bond motifs is 2. The van der Waals surface area contributed by atoms with Crippen molar-refractivity contribution in [1.29, 1.82) is 0 Å². The molecule has 0 saturated heterocycles. The number of nitrogens with two attached hydrogens (primary N) is 2. The molecule has 4 unspecified atom stereocenters. The van der Waals surface area contributed by atoms with Crippen molar-refractivity contribution in [3.8, 4) is 0 Å². The SMILES string of the molecule is NCC1C2C=CC(C2)C1CN. The average molecular weight is 152 g/mol. The normalized spacial score (nSPS) is 47.1. The monoisotopic (exact) mass is 152 g/mol. The first-order chi connectivity index (χ1) is 5.36. The molecule has 2 bridgehead atoms. The first-order valence-corrected chi connectivity index (χ1v) is 4.45. The second kappa shape index (κ2) is 2.61. The van der Waals surface area contributed by atoms with E-state index in [9.17, 15) is 0 Å². The van der Waals surface area contributed by atoms with Crippen LogP contribution in [0, 0.1) is 23.7 Å². The molecule has 11 heavy (non-hydrogen) atoms. The molecule has 2 heteroatoms. The Kier molecular flexibility index (Phi) is 1.74. The lowest BCUT2D eigenvalue weighted by Gasteiger charge is -2.25. The minimum Gasteiger partial charge on any atom is -0.330 e. The van der Waals surface area contributed by atoms with Crippen LogP contribution in [-0.2, 0) is 0 Å². The highest BCUT2D eigenvalue weighted by atomic mass is 14.7. The fourth-order valence-electron chi connectivity index (χ4n) is 2.73. The topological polar surface area (TPSA) is 52.0 Å². The lowest BCUT2D eigenvalue weighted by atomic mass is 9.83.